The van der Waals surface area contributed by atoms with E-state index in [1.54, 1.807) is 0 Å². The third-order valence-corrected chi connectivity index (χ3v) is 4.59. The Hall–Kier alpha value is -1.43. The van der Waals surface area contributed by atoms with Crippen LogP contribution >= 0.6 is 11.5 Å². The molecule has 0 aliphatic carbocycles. The first-order chi connectivity index (χ1) is 9.54. The van der Waals surface area contributed by atoms with Crippen LogP contribution < -0.4 is 4.90 Å². The van der Waals surface area contributed by atoms with Crippen molar-refractivity contribution in [2.75, 3.05) is 18.0 Å². The summed E-state index contributed by atoms with van der Waals surface area (Å²) in [6, 6.07) is 2.09. The smallest absolute Gasteiger partial charge is 0.205 e. The average molecular weight is 291 g/mol. The number of hydrogen-bond donors (Lipinski definition) is 1. The van der Waals surface area contributed by atoms with E-state index in [-0.39, 0.29) is 5.41 Å². The van der Waals surface area contributed by atoms with Crippen LogP contribution in [0.15, 0.2) is 12.3 Å². The van der Waals surface area contributed by atoms with Gasteiger partial charge in [-0.3, -0.25) is 5.10 Å². The predicted octanol–water partition coefficient (Wildman–Crippen LogP) is 2.94. The molecule has 3 rings (SSSR count). The van der Waals surface area contributed by atoms with Crippen LogP contribution in [-0.4, -0.2) is 32.6 Å². The summed E-state index contributed by atoms with van der Waals surface area (Å²) >= 11 is 1.53. The van der Waals surface area contributed by atoms with Gasteiger partial charge in [0.1, 0.15) is 5.82 Å². The summed E-state index contributed by atoms with van der Waals surface area (Å²) in [5.41, 5.74) is 1.29. The zero-order valence-electron chi connectivity index (χ0n) is 12.3. The summed E-state index contributed by atoms with van der Waals surface area (Å²) in [5.74, 6) is 1.55. The van der Waals surface area contributed by atoms with Crippen LogP contribution in [0.5, 0.6) is 0 Å². The maximum absolute atomic E-state index is 4.71. The molecule has 0 bridgehead atoms. The molecule has 0 atom stereocenters. The molecule has 0 spiro atoms. The quantitative estimate of drug-likeness (QED) is 0.924. The fraction of sp³-hybridized carbons (Fsp3) is 0.643. The second kappa shape index (κ2) is 5.16. The monoisotopic (exact) mass is 291 g/mol. The number of aromatic nitrogens is 4. The average Bonchev–Trinajstić information content (AvgIpc) is 3.10. The van der Waals surface area contributed by atoms with Crippen molar-refractivity contribution in [1.82, 2.24) is 19.6 Å². The number of aromatic amines is 1. The number of H-pyrrole nitrogens is 1. The lowest BCUT2D eigenvalue weighted by Gasteiger charge is -2.30. The minimum atomic E-state index is 0.0307. The van der Waals surface area contributed by atoms with E-state index in [0.29, 0.717) is 5.92 Å². The van der Waals surface area contributed by atoms with Gasteiger partial charge in [-0.2, -0.15) is 9.47 Å². The highest BCUT2D eigenvalue weighted by molar-refractivity contribution is 7.09. The highest BCUT2D eigenvalue weighted by Gasteiger charge is 2.25. The van der Waals surface area contributed by atoms with Crippen molar-refractivity contribution >= 4 is 16.7 Å². The van der Waals surface area contributed by atoms with Gasteiger partial charge in [-0.15, -0.1) is 0 Å². The standard InChI is InChI=1S/C14H21N5S/c1-14(2,3)12-16-13(20-18-12)19-8-5-10(6-9-19)11-4-7-15-17-11/h4,7,10H,5-6,8-9H2,1-3H3,(H,15,17). The van der Waals surface area contributed by atoms with Gasteiger partial charge in [0.2, 0.25) is 5.13 Å². The first-order valence-electron chi connectivity index (χ1n) is 7.12. The largest absolute Gasteiger partial charge is 0.347 e. The molecule has 2 aromatic rings. The Kier molecular flexibility index (Phi) is 3.50. The highest BCUT2D eigenvalue weighted by atomic mass is 32.1. The molecular weight excluding hydrogens is 270 g/mol. The Labute approximate surface area is 123 Å². The van der Waals surface area contributed by atoms with E-state index in [2.05, 4.69) is 46.3 Å². The van der Waals surface area contributed by atoms with Gasteiger partial charge < -0.3 is 4.90 Å². The fourth-order valence-electron chi connectivity index (χ4n) is 2.52. The van der Waals surface area contributed by atoms with Crippen LogP contribution in [0.25, 0.3) is 0 Å². The molecule has 1 saturated heterocycles. The lowest BCUT2D eigenvalue weighted by molar-refractivity contribution is 0.493. The highest BCUT2D eigenvalue weighted by Crippen LogP contribution is 2.31. The molecule has 5 nitrogen and oxygen atoms in total. The zero-order valence-corrected chi connectivity index (χ0v) is 13.1. The molecular formula is C14H21N5S. The number of piperidine rings is 1. The Bertz CT molecular complexity index is 546. The van der Waals surface area contributed by atoms with Crippen molar-refractivity contribution in [3.63, 3.8) is 0 Å². The van der Waals surface area contributed by atoms with Crippen molar-refractivity contribution in [3.05, 3.63) is 23.8 Å². The van der Waals surface area contributed by atoms with Crippen LogP contribution in [0.4, 0.5) is 5.13 Å². The molecule has 1 fully saturated rings. The molecule has 0 unspecified atom stereocenters. The van der Waals surface area contributed by atoms with Gasteiger partial charge in [0.25, 0.3) is 0 Å². The third kappa shape index (κ3) is 2.70. The summed E-state index contributed by atoms with van der Waals surface area (Å²) in [5, 5.41) is 8.21. The molecule has 0 amide bonds. The van der Waals surface area contributed by atoms with E-state index in [1.807, 2.05) is 6.20 Å². The number of anilines is 1. The second-order valence-corrected chi connectivity index (χ2v) is 7.15. The Balaban J connectivity index is 1.65. The normalized spacial score (nSPS) is 17.6. The van der Waals surface area contributed by atoms with Crippen molar-refractivity contribution in [2.45, 2.75) is 44.9 Å². The van der Waals surface area contributed by atoms with Gasteiger partial charge >= 0.3 is 0 Å². The molecule has 0 aromatic carbocycles. The molecule has 1 N–H and O–H groups in total. The topological polar surface area (TPSA) is 57.7 Å². The zero-order chi connectivity index (χ0) is 14.2. The van der Waals surface area contributed by atoms with Crippen molar-refractivity contribution in [1.29, 1.82) is 0 Å². The Morgan fingerprint density at radius 2 is 2.05 bits per heavy atom. The lowest BCUT2D eigenvalue weighted by atomic mass is 9.94. The van der Waals surface area contributed by atoms with E-state index in [0.717, 1.165) is 36.9 Å². The maximum atomic E-state index is 4.71. The van der Waals surface area contributed by atoms with E-state index < -0.39 is 0 Å². The van der Waals surface area contributed by atoms with Crippen LogP contribution in [0.3, 0.4) is 0 Å². The van der Waals surface area contributed by atoms with Crippen LogP contribution in [0.2, 0.25) is 0 Å². The molecule has 20 heavy (non-hydrogen) atoms. The Morgan fingerprint density at radius 3 is 2.60 bits per heavy atom. The summed E-state index contributed by atoms with van der Waals surface area (Å²) in [6.07, 6.45) is 4.13. The van der Waals surface area contributed by atoms with Gasteiger partial charge in [-0.05, 0) is 18.9 Å². The maximum Gasteiger partial charge on any atom is 0.205 e. The van der Waals surface area contributed by atoms with Gasteiger partial charge in [-0.25, -0.2) is 4.98 Å². The first-order valence-corrected chi connectivity index (χ1v) is 7.90. The van der Waals surface area contributed by atoms with E-state index in [9.17, 15) is 0 Å². The van der Waals surface area contributed by atoms with Crippen LogP contribution in [-0.2, 0) is 5.41 Å². The van der Waals surface area contributed by atoms with Crippen molar-refractivity contribution < 1.29 is 0 Å². The minimum Gasteiger partial charge on any atom is -0.347 e. The van der Waals surface area contributed by atoms with E-state index in [1.165, 1.54) is 17.2 Å². The number of nitrogens with zero attached hydrogens (tertiary/aromatic N) is 4. The van der Waals surface area contributed by atoms with Crippen molar-refractivity contribution in [3.8, 4) is 0 Å². The summed E-state index contributed by atoms with van der Waals surface area (Å²) < 4.78 is 4.50. The van der Waals surface area contributed by atoms with E-state index in [4.69, 9.17) is 4.98 Å². The summed E-state index contributed by atoms with van der Waals surface area (Å²) in [7, 11) is 0. The Morgan fingerprint density at radius 1 is 1.30 bits per heavy atom. The van der Waals surface area contributed by atoms with Gasteiger partial charge in [-0.1, -0.05) is 20.8 Å². The molecule has 3 heterocycles. The van der Waals surface area contributed by atoms with Gasteiger partial charge in [0.05, 0.1) is 0 Å². The number of nitrogens with one attached hydrogen (secondary N) is 1. The van der Waals surface area contributed by atoms with Crippen molar-refractivity contribution in [2.24, 2.45) is 0 Å². The molecule has 1 aliphatic rings. The van der Waals surface area contributed by atoms with Crippen LogP contribution in [0, 0.1) is 0 Å². The molecule has 6 heteroatoms. The second-order valence-electron chi connectivity index (χ2n) is 6.42. The molecule has 0 saturated carbocycles. The molecule has 108 valence electrons. The molecule has 1 aliphatic heterocycles. The fourth-order valence-corrected chi connectivity index (χ4v) is 3.43. The van der Waals surface area contributed by atoms with Gasteiger partial charge in [0.15, 0.2) is 0 Å². The minimum absolute atomic E-state index is 0.0307. The van der Waals surface area contributed by atoms with E-state index >= 15 is 0 Å². The summed E-state index contributed by atoms with van der Waals surface area (Å²) in [4.78, 5) is 7.07. The third-order valence-electron chi connectivity index (χ3n) is 3.81. The number of rotatable bonds is 2. The SMILES string of the molecule is CC(C)(C)c1nsc(N2CCC(c3ccn[nH]3)CC2)n1. The molecule has 0 radical (unpaired) electrons. The van der Waals surface area contributed by atoms with Crippen LogP contribution in [0.1, 0.15) is 51.0 Å². The number of hydrogen-bond acceptors (Lipinski definition) is 5. The lowest BCUT2D eigenvalue weighted by Crippen LogP contribution is -2.33. The predicted molar refractivity (Wildman–Crippen MR) is 81.4 cm³/mol. The van der Waals surface area contributed by atoms with Gasteiger partial charge in [0, 0.05) is 47.8 Å². The molecule has 2 aromatic heterocycles. The first kappa shape index (κ1) is 13.5. The summed E-state index contributed by atoms with van der Waals surface area (Å²) in [6.45, 7) is 8.56.